The average Bonchev–Trinajstić information content (AvgIpc) is 2.73. The second-order valence-electron chi connectivity index (χ2n) is 6.70. The van der Waals surface area contributed by atoms with E-state index in [0.717, 1.165) is 11.6 Å². The minimum absolute atomic E-state index is 0.0168. The number of halogens is 1. The lowest BCUT2D eigenvalue weighted by Crippen LogP contribution is -2.21. The van der Waals surface area contributed by atoms with Crippen molar-refractivity contribution in [2.75, 3.05) is 7.11 Å². The number of benzene rings is 2. The third-order valence-corrected chi connectivity index (χ3v) is 4.65. The fourth-order valence-corrected chi connectivity index (χ4v) is 3.10. The molecule has 0 fully saturated rings. The Labute approximate surface area is 172 Å². The van der Waals surface area contributed by atoms with Gasteiger partial charge >= 0.3 is 5.97 Å². The first-order valence-electron chi connectivity index (χ1n) is 9.08. The van der Waals surface area contributed by atoms with Crippen LogP contribution in [-0.2, 0) is 11.3 Å². The Morgan fingerprint density at radius 3 is 2.57 bits per heavy atom. The topological polar surface area (TPSA) is 81.3 Å². The molecule has 0 saturated carbocycles. The van der Waals surface area contributed by atoms with E-state index in [4.69, 9.17) is 14.7 Å². The van der Waals surface area contributed by atoms with Gasteiger partial charge in [-0.1, -0.05) is 12.1 Å². The molecule has 0 amide bonds. The molecule has 3 rings (SSSR count). The van der Waals surface area contributed by atoms with Gasteiger partial charge in [-0.25, -0.2) is 9.18 Å². The number of carbonyl (C=O) groups excluding carboxylic acids is 1. The maximum Gasteiger partial charge on any atom is 0.337 e. The molecule has 3 aromatic rings. The summed E-state index contributed by atoms with van der Waals surface area (Å²) >= 11 is 0. The highest BCUT2D eigenvalue weighted by Crippen LogP contribution is 2.21. The summed E-state index contributed by atoms with van der Waals surface area (Å²) in [6.45, 7) is 3.60. The number of hydrogen-bond donors (Lipinski definition) is 0. The lowest BCUT2D eigenvalue weighted by atomic mass is 10.1. The first-order chi connectivity index (χ1) is 14.3. The highest BCUT2D eigenvalue weighted by molar-refractivity contribution is 5.90. The zero-order valence-electron chi connectivity index (χ0n) is 16.7. The van der Waals surface area contributed by atoms with Crippen molar-refractivity contribution in [2.24, 2.45) is 0 Å². The molecule has 0 radical (unpaired) electrons. The molecule has 0 spiro atoms. The zero-order chi connectivity index (χ0) is 21.8. The van der Waals surface area contributed by atoms with Crippen molar-refractivity contribution in [3.05, 3.63) is 92.6 Å². The number of aromatic nitrogens is 1. The lowest BCUT2D eigenvalue weighted by molar-refractivity contribution is 0.0600. The van der Waals surface area contributed by atoms with E-state index in [0.29, 0.717) is 28.3 Å². The molecule has 1 aromatic heterocycles. The third-order valence-electron chi connectivity index (χ3n) is 4.65. The van der Waals surface area contributed by atoms with Crippen LogP contribution < -0.4 is 10.3 Å². The molecular weight excluding hydrogens is 387 g/mol. The number of esters is 1. The average molecular weight is 406 g/mol. The molecule has 7 heteroatoms. The molecule has 30 heavy (non-hydrogen) atoms. The van der Waals surface area contributed by atoms with Crippen molar-refractivity contribution in [1.82, 2.24) is 4.57 Å². The monoisotopic (exact) mass is 406 g/mol. The second-order valence-corrected chi connectivity index (χ2v) is 6.70. The van der Waals surface area contributed by atoms with E-state index in [2.05, 4.69) is 0 Å². The van der Waals surface area contributed by atoms with Gasteiger partial charge in [-0.2, -0.15) is 5.26 Å². The normalized spacial score (nSPS) is 10.4. The fraction of sp³-hybridized carbons (Fsp3) is 0.174. The summed E-state index contributed by atoms with van der Waals surface area (Å²) in [6, 6.07) is 13.8. The van der Waals surface area contributed by atoms with Crippen LogP contribution in [-0.4, -0.2) is 17.6 Å². The van der Waals surface area contributed by atoms with Gasteiger partial charge in [0.15, 0.2) is 0 Å². The van der Waals surface area contributed by atoms with Crippen LogP contribution >= 0.6 is 0 Å². The number of nitrogens with zero attached hydrogens (tertiary/aromatic N) is 2. The quantitative estimate of drug-likeness (QED) is 0.602. The Kier molecular flexibility index (Phi) is 5.98. The molecule has 0 aliphatic rings. The summed E-state index contributed by atoms with van der Waals surface area (Å²) in [5.74, 6) is -0.670. The number of carbonyl (C=O) groups is 1. The molecule has 0 unspecified atom stereocenters. The molecule has 0 saturated heterocycles. The minimum atomic E-state index is -0.502. The van der Waals surface area contributed by atoms with Crippen LogP contribution in [0.25, 0.3) is 5.69 Å². The summed E-state index contributed by atoms with van der Waals surface area (Å²) in [5.41, 5.74) is 2.67. The molecule has 6 nitrogen and oxygen atoms in total. The summed E-state index contributed by atoms with van der Waals surface area (Å²) in [4.78, 5) is 24.7. The van der Waals surface area contributed by atoms with Gasteiger partial charge in [0.25, 0.3) is 5.56 Å². The second kappa shape index (κ2) is 8.62. The van der Waals surface area contributed by atoms with Gasteiger partial charge in [0.2, 0.25) is 0 Å². The van der Waals surface area contributed by atoms with Crippen LogP contribution in [0.15, 0.2) is 53.3 Å². The van der Waals surface area contributed by atoms with Crippen LogP contribution in [0.4, 0.5) is 4.39 Å². The minimum Gasteiger partial charge on any atom is -0.489 e. The van der Waals surface area contributed by atoms with Crippen LogP contribution in [0.5, 0.6) is 5.75 Å². The standard InChI is InChI=1S/C23H19FN2O4/c1-14-4-5-16(23(28)29-3)10-21(14)26-15(2)8-20(11-22(26)27)30-13-17-6-7-19(24)9-18(17)12-25/h4-11H,13H2,1-3H3. The number of pyridine rings is 1. The molecule has 0 aliphatic heterocycles. The van der Waals surface area contributed by atoms with E-state index >= 15 is 0 Å². The van der Waals surface area contributed by atoms with Crippen molar-refractivity contribution < 1.29 is 18.7 Å². The predicted molar refractivity (Wildman–Crippen MR) is 108 cm³/mol. The summed E-state index contributed by atoms with van der Waals surface area (Å²) < 4.78 is 25.2. The SMILES string of the molecule is COC(=O)c1ccc(C)c(-n2c(C)cc(OCc3ccc(F)cc3C#N)cc2=O)c1. The molecule has 0 bridgehead atoms. The largest absolute Gasteiger partial charge is 0.489 e. The molecule has 1 heterocycles. The van der Waals surface area contributed by atoms with E-state index in [1.54, 1.807) is 31.2 Å². The molecule has 0 atom stereocenters. The van der Waals surface area contributed by atoms with Crippen LogP contribution in [0.1, 0.15) is 32.7 Å². The highest BCUT2D eigenvalue weighted by atomic mass is 19.1. The maximum absolute atomic E-state index is 13.3. The summed E-state index contributed by atoms with van der Waals surface area (Å²) in [5, 5.41) is 9.14. The van der Waals surface area contributed by atoms with E-state index in [1.165, 1.54) is 29.9 Å². The van der Waals surface area contributed by atoms with Crippen molar-refractivity contribution in [1.29, 1.82) is 5.26 Å². The van der Waals surface area contributed by atoms with Gasteiger partial charge in [-0.3, -0.25) is 9.36 Å². The van der Waals surface area contributed by atoms with Gasteiger partial charge in [-0.15, -0.1) is 0 Å². The van der Waals surface area contributed by atoms with Gasteiger partial charge in [0.05, 0.1) is 30.0 Å². The predicted octanol–water partition coefficient (Wildman–Crippen LogP) is 3.83. The number of nitriles is 1. The first-order valence-corrected chi connectivity index (χ1v) is 9.08. The first kappa shape index (κ1) is 20.8. The molecular formula is C23H19FN2O4. The Balaban J connectivity index is 1.93. The summed E-state index contributed by atoms with van der Waals surface area (Å²) in [6.07, 6.45) is 0. The number of methoxy groups -OCH3 is 1. The Bertz CT molecular complexity index is 1220. The van der Waals surface area contributed by atoms with E-state index < -0.39 is 11.8 Å². The van der Waals surface area contributed by atoms with Gasteiger partial charge in [-0.05, 0) is 43.7 Å². The molecule has 0 aliphatic carbocycles. The van der Waals surface area contributed by atoms with Crippen LogP contribution in [0.3, 0.4) is 0 Å². The van der Waals surface area contributed by atoms with Gasteiger partial charge in [0, 0.05) is 23.4 Å². The number of ether oxygens (including phenoxy) is 2. The van der Waals surface area contributed by atoms with Crippen LogP contribution in [0, 0.1) is 31.0 Å². The fourth-order valence-electron chi connectivity index (χ4n) is 3.10. The lowest BCUT2D eigenvalue weighted by Gasteiger charge is -2.15. The number of hydrogen-bond acceptors (Lipinski definition) is 5. The van der Waals surface area contributed by atoms with E-state index in [1.807, 2.05) is 13.0 Å². The summed E-state index contributed by atoms with van der Waals surface area (Å²) in [7, 11) is 1.30. The maximum atomic E-state index is 13.3. The van der Waals surface area contributed by atoms with Crippen molar-refractivity contribution >= 4 is 5.97 Å². The molecule has 0 N–H and O–H groups in total. The van der Waals surface area contributed by atoms with E-state index in [9.17, 15) is 14.0 Å². The van der Waals surface area contributed by atoms with E-state index in [-0.39, 0.29) is 17.7 Å². The van der Waals surface area contributed by atoms with Crippen molar-refractivity contribution in [2.45, 2.75) is 20.5 Å². The third kappa shape index (κ3) is 4.23. The Hall–Kier alpha value is -3.92. The smallest absolute Gasteiger partial charge is 0.337 e. The van der Waals surface area contributed by atoms with Gasteiger partial charge in [0.1, 0.15) is 18.2 Å². The van der Waals surface area contributed by atoms with Crippen molar-refractivity contribution in [3.63, 3.8) is 0 Å². The molecule has 152 valence electrons. The molecule has 2 aromatic carbocycles. The van der Waals surface area contributed by atoms with Crippen molar-refractivity contribution in [3.8, 4) is 17.5 Å². The Morgan fingerprint density at radius 1 is 1.13 bits per heavy atom. The van der Waals surface area contributed by atoms with Gasteiger partial charge < -0.3 is 9.47 Å². The number of rotatable bonds is 5. The van der Waals surface area contributed by atoms with Crippen LogP contribution in [0.2, 0.25) is 0 Å². The number of aryl methyl sites for hydroxylation is 2. The zero-order valence-corrected chi connectivity index (χ0v) is 16.7. The Morgan fingerprint density at radius 2 is 1.90 bits per heavy atom. The highest BCUT2D eigenvalue weighted by Gasteiger charge is 2.13.